The first kappa shape index (κ1) is 9.21. The summed E-state index contributed by atoms with van der Waals surface area (Å²) in [7, 11) is 2.04. The number of aromatic nitrogens is 2. The van der Waals surface area contributed by atoms with Crippen molar-refractivity contribution in [2.75, 3.05) is 0 Å². The van der Waals surface area contributed by atoms with E-state index in [-0.39, 0.29) is 0 Å². The predicted molar refractivity (Wildman–Crippen MR) is 63.2 cm³/mol. The Bertz CT molecular complexity index is 649. The van der Waals surface area contributed by atoms with Crippen LogP contribution >= 0.6 is 0 Å². The lowest BCUT2D eigenvalue weighted by Gasteiger charge is -1.93. The molecule has 3 aromatic rings. The van der Waals surface area contributed by atoms with Crippen molar-refractivity contribution in [3.63, 3.8) is 0 Å². The average molecular weight is 212 g/mol. The van der Waals surface area contributed by atoms with Crippen molar-refractivity contribution in [1.29, 1.82) is 0 Å². The number of nitrogens with zero attached hydrogens (tertiary/aromatic N) is 2. The normalized spacial score (nSPS) is 11.1. The fourth-order valence-electron chi connectivity index (χ4n) is 2.03. The van der Waals surface area contributed by atoms with Crippen LogP contribution in [0, 0.1) is 6.92 Å². The molecule has 0 saturated heterocycles. The molecule has 0 bridgehead atoms. The van der Waals surface area contributed by atoms with Gasteiger partial charge >= 0.3 is 0 Å². The summed E-state index contributed by atoms with van der Waals surface area (Å²) in [5.41, 5.74) is 3.20. The minimum absolute atomic E-state index is 0.828. The van der Waals surface area contributed by atoms with Gasteiger partial charge in [0.05, 0.1) is 5.69 Å². The molecule has 1 aromatic carbocycles. The Morgan fingerprint density at radius 1 is 1.25 bits per heavy atom. The van der Waals surface area contributed by atoms with Crippen molar-refractivity contribution in [1.82, 2.24) is 9.72 Å². The largest absolute Gasteiger partial charge is 0.356 e. The van der Waals surface area contributed by atoms with Crippen molar-refractivity contribution < 1.29 is 4.52 Å². The molecule has 0 saturated carbocycles. The second-order valence-corrected chi connectivity index (χ2v) is 4.00. The van der Waals surface area contributed by atoms with Crippen LogP contribution in [0.25, 0.3) is 22.2 Å². The third-order valence-corrected chi connectivity index (χ3v) is 2.79. The highest BCUT2D eigenvalue weighted by Gasteiger charge is 2.11. The first-order valence-electron chi connectivity index (χ1n) is 5.23. The summed E-state index contributed by atoms with van der Waals surface area (Å²) in [4.78, 5) is 0. The minimum atomic E-state index is 0.828. The van der Waals surface area contributed by atoms with Gasteiger partial charge < -0.3 is 9.09 Å². The minimum Gasteiger partial charge on any atom is -0.356 e. The third kappa shape index (κ3) is 1.25. The lowest BCUT2D eigenvalue weighted by molar-refractivity contribution is 0.427. The second kappa shape index (κ2) is 3.23. The van der Waals surface area contributed by atoms with Gasteiger partial charge in [-0.15, -0.1) is 0 Å². The fraction of sp³-hybridized carbons (Fsp3) is 0.154. The molecule has 0 aliphatic carbocycles. The number of fused-ring (bicyclic) bond motifs is 1. The Morgan fingerprint density at radius 3 is 2.81 bits per heavy atom. The molecule has 0 aliphatic heterocycles. The maximum absolute atomic E-state index is 5.31. The molecular formula is C13H12N2O. The van der Waals surface area contributed by atoms with Gasteiger partial charge in [0.15, 0.2) is 5.76 Å². The zero-order valence-electron chi connectivity index (χ0n) is 9.27. The van der Waals surface area contributed by atoms with Gasteiger partial charge in [-0.1, -0.05) is 23.4 Å². The van der Waals surface area contributed by atoms with E-state index in [0.717, 1.165) is 17.0 Å². The Morgan fingerprint density at radius 2 is 2.06 bits per heavy atom. The van der Waals surface area contributed by atoms with Crippen molar-refractivity contribution in [3.05, 3.63) is 42.2 Å². The first-order valence-corrected chi connectivity index (χ1v) is 5.23. The zero-order valence-corrected chi connectivity index (χ0v) is 9.27. The van der Waals surface area contributed by atoms with E-state index >= 15 is 0 Å². The van der Waals surface area contributed by atoms with E-state index in [0.29, 0.717) is 0 Å². The van der Waals surface area contributed by atoms with Gasteiger partial charge in [0, 0.05) is 35.8 Å². The Labute approximate surface area is 93.3 Å². The van der Waals surface area contributed by atoms with Crippen LogP contribution in [0.5, 0.6) is 0 Å². The van der Waals surface area contributed by atoms with Crippen LogP contribution in [-0.4, -0.2) is 9.72 Å². The summed E-state index contributed by atoms with van der Waals surface area (Å²) in [6, 6.07) is 10.2. The first-order chi connectivity index (χ1) is 7.75. The number of para-hydroxylation sites is 1. The van der Waals surface area contributed by atoms with Gasteiger partial charge in [-0.05, 0) is 13.0 Å². The van der Waals surface area contributed by atoms with Crippen molar-refractivity contribution in [2.24, 2.45) is 7.05 Å². The highest BCUT2D eigenvalue weighted by Crippen LogP contribution is 2.30. The summed E-state index contributed by atoms with van der Waals surface area (Å²) in [5, 5.41) is 5.12. The van der Waals surface area contributed by atoms with Crippen molar-refractivity contribution in [3.8, 4) is 11.3 Å². The van der Waals surface area contributed by atoms with Crippen LogP contribution in [0.3, 0.4) is 0 Å². The molecule has 0 aliphatic rings. The lowest BCUT2D eigenvalue weighted by Crippen LogP contribution is -1.81. The van der Waals surface area contributed by atoms with E-state index in [1.165, 1.54) is 10.9 Å². The van der Waals surface area contributed by atoms with Gasteiger partial charge in [0.1, 0.15) is 0 Å². The molecule has 0 fully saturated rings. The van der Waals surface area contributed by atoms with Gasteiger partial charge in [-0.25, -0.2) is 0 Å². The van der Waals surface area contributed by atoms with Gasteiger partial charge in [0.2, 0.25) is 0 Å². The fourth-order valence-corrected chi connectivity index (χ4v) is 2.03. The van der Waals surface area contributed by atoms with Crippen LogP contribution in [0.2, 0.25) is 0 Å². The molecule has 0 unspecified atom stereocenters. The van der Waals surface area contributed by atoms with Crippen LogP contribution < -0.4 is 0 Å². The molecular weight excluding hydrogens is 200 g/mol. The van der Waals surface area contributed by atoms with Gasteiger partial charge in [-0.3, -0.25) is 0 Å². The van der Waals surface area contributed by atoms with E-state index in [1.807, 2.05) is 32.2 Å². The van der Waals surface area contributed by atoms with Gasteiger partial charge in [0.25, 0.3) is 0 Å². The molecule has 3 heteroatoms. The molecule has 3 rings (SSSR count). The summed E-state index contributed by atoms with van der Waals surface area (Å²) in [6.45, 7) is 1.93. The molecule has 0 amide bonds. The highest BCUT2D eigenvalue weighted by atomic mass is 16.5. The summed E-state index contributed by atoms with van der Waals surface area (Å²) >= 11 is 0. The van der Waals surface area contributed by atoms with E-state index in [4.69, 9.17) is 4.52 Å². The molecule has 2 heterocycles. The van der Waals surface area contributed by atoms with Crippen LogP contribution in [-0.2, 0) is 7.05 Å². The Hall–Kier alpha value is -2.03. The summed E-state index contributed by atoms with van der Waals surface area (Å²) in [6.07, 6.45) is 2.07. The topological polar surface area (TPSA) is 31.0 Å². The summed E-state index contributed by atoms with van der Waals surface area (Å²) in [5.74, 6) is 0.828. The number of benzene rings is 1. The quantitative estimate of drug-likeness (QED) is 0.620. The lowest BCUT2D eigenvalue weighted by atomic mass is 10.1. The number of aryl methyl sites for hydroxylation is 2. The zero-order chi connectivity index (χ0) is 11.1. The number of hydrogen-bond acceptors (Lipinski definition) is 2. The SMILES string of the molecule is Cc1cc(-c2cn(C)c3ccccc23)on1. The molecule has 0 atom stereocenters. The number of rotatable bonds is 1. The second-order valence-electron chi connectivity index (χ2n) is 4.00. The van der Waals surface area contributed by atoms with E-state index in [9.17, 15) is 0 Å². The maximum atomic E-state index is 5.31. The standard InChI is InChI=1S/C13H12N2O/c1-9-7-13(16-14-9)11-8-15(2)12-6-4-3-5-10(11)12/h3-8H,1-2H3. The van der Waals surface area contributed by atoms with Crippen LogP contribution in [0.1, 0.15) is 5.69 Å². The molecule has 16 heavy (non-hydrogen) atoms. The predicted octanol–water partition coefficient (Wildman–Crippen LogP) is 3.14. The molecule has 0 spiro atoms. The summed E-state index contributed by atoms with van der Waals surface area (Å²) < 4.78 is 7.41. The van der Waals surface area contributed by atoms with Crippen LogP contribution in [0.15, 0.2) is 41.1 Å². The smallest absolute Gasteiger partial charge is 0.169 e. The van der Waals surface area contributed by atoms with Crippen molar-refractivity contribution in [2.45, 2.75) is 6.92 Å². The Balaban J connectivity index is 2.32. The Kier molecular flexibility index (Phi) is 1.86. The molecule has 2 aromatic heterocycles. The van der Waals surface area contributed by atoms with Crippen molar-refractivity contribution >= 4 is 10.9 Å². The van der Waals surface area contributed by atoms with Crippen LogP contribution in [0.4, 0.5) is 0 Å². The van der Waals surface area contributed by atoms with E-state index in [2.05, 4.69) is 28.1 Å². The monoisotopic (exact) mass is 212 g/mol. The maximum Gasteiger partial charge on any atom is 0.169 e. The number of hydrogen-bond donors (Lipinski definition) is 0. The molecule has 3 nitrogen and oxygen atoms in total. The van der Waals surface area contributed by atoms with Gasteiger partial charge in [-0.2, -0.15) is 0 Å². The molecule has 0 N–H and O–H groups in total. The molecule has 0 radical (unpaired) electrons. The molecule has 80 valence electrons. The average Bonchev–Trinajstić information content (AvgIpc) is 2.84. The van der Waals surface area contributed by atoms with E-state index in [1.54, 1.807) is 0 Å². The third-order valence-electron chi connectivity index (χ3n) is 2.79. The highest BCUT2D eigenvalue weighted by molar-refractivity contribution is 5.94. The van der Waals surface area contributed by atoms with E-state index < -0.39 is 0 Å².